The molecule has 1 rings (SSSR count). The summed E-state index contributed by atoms with van der Waals surface area (Å²) in [6.45, 7) is 0. The fourth-order valence-electron chi connectivity index (χ4n) is 2.85. The zero-order valence-corrected chi connectivity index (χ0v) is 20.3. The van der Waals surface area contributed by atoms with Gasteiger partial charge in [-0.15, -0.1) is 0 Å². The smallest absolute Gasteiger partial charge is 0.327 e. The number of carboxylic acids is 2. The van der Waals surface area contributed by atoms with Crippen molar-refractivity contribution in [2.24, 2.45) is 5.73 Å². The second-order valence-corrected chi connectivity index (χ2v) is 8.73. The summed E-state index contributed by atoms with van der Waals surface area (Å²) in [4.78, 5) is 60.3. The highest BCUT2D eigenvalue weighted by Crippen LogP contribution is 2.07. The van der Waals surface area contributed by atoms with Crippen LogP contribution in [0.2, 0.25) is 0 Å². The lowest BCUT2D eigenvalue weighted by atomic mass is 10.0. The maximum absolute atomic E-state index is 13.0. The maximum atomic E-state index is 13.0. The number of benzene rings is 1. The van der Waals surface area contributed by atoms with Crippen LogP contribution in [0.4, 0.5) is 0 Å². The van der Waals surface area contributed by atoms with Gasteiger partial charge in [-0.1, -0.05) is 30.3 Å². The van der Waals surface area contributed by atoms with E-state index in [0.717, 1.165) is 0 Å². The minimum atomic E-state index is -1.35. The Balaban J connectivity index is 3.05. The molecule has 34 heavy (non-hydrogen) atoms. The van der Waals surface area contributed by atoms with Gasteiger partial charge in [0.25, 0.3) is 0 Å². The van der Waals surface area contributed by atoms with E-state index in [0.29, 0.717) is 11.3 Å². The molecule has 0 radical (unpaired) electrons. The van der Waals surface area contributed by atoms with Crippen molar-refractivity contribution < 1.29 is 34.2 Å². The molecule has 11 nitrogen and oxygen atoms in total. The molecule has 0 fully saturated rings. The van der Waals surface area contributed by atoms with Gasteiger partial charge in [-0.2, -0.15) is 24.4 Å². The van der Waals surface area contributed by atoms with E-state index in [4.69, 9.17) is 10.8 Å². The number of carboxylic acid groups (broad SMARTS) is 2. The summed E-state index contributed by atoms with van der Waals surface area (Å²) in [5, 5.41) is 25.4. The van der Waals surface area contributed by atoms with Crippen molar-refractivity contribution in [3.63, 3.8) is 0 Å². The molecule has 3 amide bonds. The Hall–Kier alpha value is -2.77. The number of nitrogens with two attached hydrogens (primary N) is 1. The SMILES string of the molecule is CSCCC(NC(=O)C(N)CC(=O)O)C(=O)NC(Cc1ccccc1)C(=O)NC(CS)C(=O)O. The number of carbonyl (C=O) groups excluding carboxylic acids is 3. The summed E-state index contributed by atoms with van der Waals surface area (Å²) in [6, 6.07) is 3.96. The van der Waals surface area contributed by atoms with E-state index in [1.54, 1.807) is 30.3 Å². The van der Waals surface area contributed by atoms with Crippen molar-refractivity contribution in [3.8, 4) is 0 Å². The molecule has 0 aliphatic carbocycles. The highest BCUT2D eigenvalue weighted by molar-refractivity contribution is 7.98. The summed E-state index contributed by atoms with van der Waals surface area (Å²) in [5.74, 6) is -4.41. The Morgan fingerprint density at radius 2 is 1.50 bits per heavy atom. The second-order valence-electron chi connectivity index (χ2n) is 7.38. The van der Waals surface area contributed by atoms with E-state index >= 15 is 0 Å². The fourth-order valence-corrected chi connectivity index (χ4v) is 3.57. The standard InChI is InChI=1S/C21H30N4O7S2/c1-34-8-7-14(23-18(28)13(22)10-17(26)27)19(29)24-15(9-12-5-3-2-4-6-12)20(30)25-16(11-33)21(31)32/h2-6,13-16,33H,7-11,22H2,1H3,(H,23,28)(H,24,29)(H,25,30)(H,26,27)(H,31,32). The van der Waals surface area contributed by atoms with Gasteiger partial charge in [-0.25, -0.2) is 4.79 Å². The molecular weight excluding hydrogens is 484 g/mol. The normalized spacial score (nSPS) is 14.2. The van der Waals surface area contributed by atoms with E-state index in [2.05, 4.69) is 28.6 Å². The molecule has 0 aromatic heterocycles. The number of hydrogen-bond acceptors (Lipinski definition) is 8. The van der Waals surface area contributed by atoms with Gasteiger partial charge < -0.3 is 31.9 Å². The largest absolute Gasteiger partial charge is 0.481 e. The number of thiol groups is 1. The topological polar surface area (TPSA) is 188 Å². The first-order chi connectivity index (χ1) is 16.1. The number of amides is 3. The van der Waals surface area contributed by atoms with Crippen LogP contribution in [0.3, 0.4) is 0 Å². The Bertz CT molecular complexity index is 857. The van der Waals surface area contributed by atoms with Crippen molar-refractivity contribution in [1.29, 1.82) is 0 Å². The highest BCUT2D eigenvalue weighted by Gasteiger charge is 2.30. The highest BCUT2D eigenvalue weighted by atomic mass is 32.2. The third-order valence-corrected chi connectivity index (χ3v) is 5.70. The van der Waals surface area contributed by atoms with E-state index in [-0.39, 0.29) is 18.6 Å². The predicted octanol–water partition coefficient (Wildman–Crippen LogP) is -0.747. The van der Waals surface area contributed by atoms with Crippen LogP contribution < -0.4 is 21.7 Å². The van der Waals surface area contributed by atoms with E-state index < -0.39 is 60.2 Å². The van der Waals surface area contributed by atoms with Crippen molar-refractivity contribution in [1.82, 2.24) is 16.0 Å². The molecule has 4 unspecified atom stereocenters. The summed E-state index contributed by atoms with van der Waals surface area (Å²) >= 11 is 5.36. The summed E-state index contributed by atoms with van der Waals surface area (Å²) in [5.41, 5.74) is 6.31. The molecule has 13 heteroatoms. The number of hydrogen-bond donors (Lipinski definition) is 7. The van der Waals surface area contributed by atoms with Gasteiger partial charge in [-0.05, 0) is 24.0 Å². The molecule has 7 N–H and O–H groups in total. The van der Waals surface area contributed by atoms with Crippen LogP contribution in [0.25, 0.3) is 0 Å². The molecule has 188 valence electrons. The third-order valence-electron chi connectivity index (χ3n) is 4.69. The van der Waals surface area contributed by atoms with E-state index in [1.165, 1.54) is 11.8 Å². The molecule has 0 aliphatic heterocycles. The number of nitrogens with one attached hydrogen (secondary N) is 3. The molecule has 0 bridgehead atoms. The molecular formula is C21H30N4O7S2. The monoisotopic (exact) mass is 514 g/mol. The van der Waals surface area contributed by atoms with Crippen molar-refractivity contribution in [2.45, 2.75) is 43.4 Å². The lowest BCUT2D eigenvalue weighted by molar-refractivity contribution is -0.141. The minimum Gasteiger partial charge on any atom is -0.481 e. The molecule has 4 atom stereocenters. The zero-order valence-electron chi connectivity index (χ0n) is 18.6. The predicted molar refractivity (Wildman–Crippen MR) is 131 cm³/mol. The van der Waals surface area contributed by atoms with Crippen LogP contribution in [0, 0.1) is 0 Å². The third kappa shape index (κ3) is 10.4. The number of carbonyl (C=O) groups is 5. The lowest BCUT2D eigenvalue weighted by Crippen LogP contribution is -2.58. The number of aliphatic carboxylic acids is 2. The van der Waals surface area contributed by atoms with E-state index in [9.17, 15) is 29.1 Å². The van der Waals surface area contributed by atoms with Gasteiger partial charge in [0.15, 0.2) is 0 Å². The molecule has 0 aliphatic rings. The van der Waals surface area contributed by atoms with Gasteiger partial charge in [0.05, 0.1) is 12.5 Å². The zero-order chi connectivity index (χ0) is 25.7. The van der Waals surface area contributed by atoms with Gasteiger partial charge in [0.2, 0.25) is 17.7 Å². The van der Waals surface area contributed by atoms with Crippen LogP contribution in [-0.2, 0) is 30.4 Å². The van der Waals surface area contributed by atoms with Crippen LogP contribution in [0.15, 0.2) is 30.3 Å². The van der Waals surface area contributed by atoms with Crippen molar-refractivity contribution >= 4 is 54.1 Å². The van der Waals surface area contributed by atoms with Crippen molar-refractivity contribution in [2.75, 3.05) is 17.8 Å². The first-order valence-corrected chi connectivity index (χ1v) is 12.4. The van der Waals surface area contributed by atoms with Gasteiger partial charge in [0.1, 0.15) is 18.1 Å². The number of rotatable bonds is 15. The molecule has 1 aromatic carbocycles. The van der Waals surface area contributed by atoms with E-state index in [1.807, 2.05) is 6.26 Å². The molecule has 1 aromatic rings. The quantitative estimate of drug-likeness (QED) is 0.148. The lowest BCUT2D eigenvalue weighted by Gasteiger charge is -2.25. The Kier molecular flexibility index (Phi) is 13.1. The van der Waals surface area contributed by atoms with Crippen LogP contribution in [0.5, 0.6) is 0 Å². The average Bonchev–Trinajstić information content (AvgIpc) is 2.79. The van der Waals surface area contributed by atoms with Crippen LogP contribution >= 0.6 is 24.4 Å². The Morgan fingerprint density at radius 1 is 0.941 bits per heavy atom. The Morgan fingerprint density at radius 3 is 2.03 bits per heavy atom. The van der Waals surface area contributed by atoms with Gasteiger partial charge in [-0.3, -0.25) is 19.2 Å². The summed E-state index contributed by atoms with van der Waals surface area (Å²) < 4.78 is 0. The van der Waals surface area contributed by atoms with Crippen LogP contribution in [-0.4, -0.2) is 81.8 Å². The summed E-state index contributed by atoms with van der Waals surface area (Å²) in [6.07, 6.45) is 1.47. The molecule has 0 heterocycles. The first kappa shape index (κ1) is 29.3. The average molecular weight is 515 g/mol. The first-order valence-electron chi connectivity index (χ1n) is 10.3. The number of thioether (sulfide) groups is 1. The van der Waals surface area contributed by atoms with Gasteiger partial charge in [0, 0.05) is 12.2 Å². The maximum Gasteiger partial charge on any atom is 0.327 e. The molecule has 0 saturated carbocycles. The van der Waals surface area contributed by atoms with Gasteiger partial charge >= 0.3 is 11.9 Å². The molecule has 0 saturated heterocycles. The van der Waals surface area contributed by atoms with Crippen LogP contribution in [0.1, 0.15) is 18.4 Å². The molecule has 0 spiro atoms. The fraction of sp³-hybridized carbons (Fsp3) is 0.476. The van der Waals surface area contributed by atoms with Crippen molar-refractivity contribution in [3.05, 3.63) is 35.9 Å². The second kappa shape index (κ2) is 15.2. The minimum absolute atomic E-state index is 0.0685. The summed E-state index contributed by atoms with van der Waals surface area (Å²) in [7, 11) is 0. The Labute approximate surface area is 207 Å².